The van der Waals surface area contributed by atoms with Gasteiger partial charge in [-0.15, -0.1) is 0 Å². The quantitative estimate of drug-likeness (QED) is 0.779. The molecule has 1 N–H and O–H groups in total. The molecule has 0 radical (unpaired) electrons. The lowest BCUT2D eigenvalue weighted by molar-refractivity contribution is -0.128. The number of sulfone groups is 1. The number of carbonyl (C=O) groups excluding carboxylic acids is 1. The van der Waals surface area contributed by atoms with Gasteiger partial charge in [0.15, 0.2) is 0 Å². The van der Waals surface area contributed by atoms with E-state index >= 15 is 0 Å². The first-order valence-corrected chi connectivity index (χ1v) is 7.72. The summed E-state index contributed by atoms with van der Waals surface area (Å²) < 4.78 is 22.8. The molecule has 0 aromatic heterocycles. The van der Waals surface area contributed by atoms with Crippen LogP contribution in [0.5, 0.6) is 0 Å². The van der Waals surface area contributed by atoms with E-state index in [1.54, 1.807) is 0 Å². The normalized spacial score (nSPS) is 22.9. The lowest BCUT2D eigenvalue weighted by atomic mass is 9.76. The fraction of sp³-hybridized carbons (Fsp3) is 0.909. The van der Waals surface area contributed by atoms with Crippen LogP contribution in [0.3, 0.4) is 0 Å². The van der Waals surface area contributed by atoms with Crippen molar-refractivity contribution in [1.29, 1.82) is 0 Å². The average Bonchev–Trinajstić information content (AvgIpc) is 2.27. The number of hydrogen-bond donors (Lipinski definition) is 1. The summed E-state index contributed by atoms with van der Waals surface area (Å²) in [4.78, 5) is 12.0. The lowest BCUT2D eigenvalue weighted by Crippen LogP contribution is -2.46. The molecule has 1 saturated heterocycles. The van der Waals surface area contributed by atoms with Crippen molar-refractivity contribution in [3.8, 4) is 0 Å². The van der Waals surface area contributed by atoms with E-state index in [0.717, 1.165) is 6.54 Å². The molecule has 5 heteroatoms. The van der Waals surface area contributed by atoms with Gasteiger partial charge in [-0.3, -0.25) is 4.79 Å². The summed E-state index contributed by atoms with van der Waals surface area (Å²) in [5.74, 6) is 0.511. The van der Waals surface area contributed by atoms with Crippen LogP contribution in [0.4, 0.5) is 0 Å². The molecule has 0 bridgehead atoms. The van der Waals surface area contributed by atoms with Crippen LogP contribution in [-0.2, 0) is 14.6 Å². The van der Waals surface area contributed by atoms with E-state index in [2.05, 4.69) is 5.32 Å². The Kier molecular flexibility index (Phi) is 4.50. The van der Waals surface area contributed by atoms with Crippen molar-refractivity contribution in [2.24, 2.45) is 5.41 Å². The van der Waals surface area contributed by atoms with Crippen LogP contribution in [0.1, 0.15) is 33.1 Å². The molecule has 1 aliphatic rings. The topological polar surface area (TPSA) is 63.2 Å². The highest BCUT2D eigenvalue weighted by atomic mass is 32.2. The Morgan fingerprint density at radius 3 is 2.25 bits per heavy atom. The van der Waals surface area contributed by atoms with Crippen molar-refractivity contribution in [3.05, 3.63) is 0 Å². The minimum atomic E-state index is -2.90. The van der Waals surface area contributed by atoms with Crippen LogP contribution in [0.15, 0.2) is 0 Å². The van der Waals surface area contributed by atoms with Crippen LogP contribution >= 0.6 is 0 Å². The summed E-state index contributed by atoms with van der Waals surface area (Å²) in [6.07, 6.45) is 1.45. The van der Waals surface area contributed by atoms with E-state index < -0.39 is 15.3 Å². The van der Waals surface area contributed by atoms with Gasteiger partial charge in [0.05, 0.1) is 11.5 Å². The van der Waals surface area contributed by atoms with E-state index in [1.807, 2.05) is 13.8 Å². The standard InChI is InChI=1S/C11H21NO3S/c1-3-10(13)11(9-12-4-2)5-7-16(14,15)8-6-11/h12H,3-9H2,1-2H3. The summed E-state index contributed by atoms with van der Waals surface area (Å²) in [5.41, 5.74) is -0.434. The third-order valence-corrected chi connectivity index (χ3v) is 5.06. The first-order chi connectivity index (χ1) is 7.46. The van der Waals surface area contributed by atoms with Gasteiger partial charge in [0.1, 0.15) is 15.6 Å². The van der Waals surface area contributed by atoms with Gasteiger partial charge < -0.3 is 5.32 Å². The Hall–Kier alpha value is -0.420. The number of rotatable bonds is 5. The van der Waals surface area contributed by atoms with Gasteiger partial charge in [-0.1, -0.05) is 13.8 Å². The predicted molar refractivity (Wildman–Crippen MR) is 64.2 cm³/mol. The van der Waals surface area contributed by atoms with Crippen molar-refractivity contribution in [2.45, 2.75) is 33.1 Å². The van der Waals surface area contributed by atoms with E-state index in [-0.39, 0.29) is 17.3 Å². The van der Waals surface area contributed by atoms with Crippen molar-refractivity contribution >= 4 is 15.6 Å². The largest absolute Gasteiger partial charge is 0.316 e. The van der Waals surface area contributed by atoms with Gasteiger partial charge >= 0.3 is 0 Å². The van der Waals surface area contributed by atoms with Crippen molar-refractivity contribution in [1.82, 2.24) is 5.32 Å². The van der Waals surface area contributed by atoms with Crippen LogP contribution in [-0.4, -0.2) is 38.8 Å². The number of carbonyl (C=O) groups is 1. The van der Waals surface area contributed by atoms with Crippen molar-refractivity contribution < 1.29 is 13.2 Å². The zero-order chi connectivity index (χ0) is 12.2. The van der Waals surface area contributed by atoms with E-state index in [9.17, 15) is 13.2 Å². The second-order valence-electron chi connectivity index (χ2n) is 4.49. The molecule has 1 aliphatic heterocycles. The highest BCUT2D eigenvalue weighted by Gasteiger charge is 2.41. The van der Waals surface area contributed by atoms with E-state index in [4.69, 9.17) is 0 Å². The second-order valence-corrected chi connectivity index (χ2v) is 6.79. The zero-order valence-electron chi connectivity index (χ0n) is 10.1. The SMILES string of the molecule is CCNCC1(C(=O)CC)CCS(=O)(=O)CC1. The molecule has 0 amide bonds. The Balaban J connectivity index is 2.78. The highest BCUT2D eigenvalue weighted by molar-refractivity contribution is 7.91. The summed E-state index contributed by atoms with van der Waals surface area (Å²) in [7, 11) is -2.90. The minimum absolute atomic E-state index is 0.157. The zero-order valence-corrected chi connectivity index (χ0v) is 10.9. The van der Waals surface area contributed by atoms with E-state index in [0.29, 0.717) is 25.8 Å². The summed E-state index contributed by atoms with van der Waals surface area (Å²) in [6, 6.07) is 0. The summed E-state index contributed by atoms with van der Waals surface area (Å²) in [6.45, 7) is 5.26. The molecule has 0 aromatic carbocycles. The van der Waals surface area contributed by atoms with Gasteiger partial charge in [0.2, 0.25) is 0 Å². The van der Waals surface area contributed by atoms with Crippen LogP contribution in [0.25, 0.3) is 0 Å². The smallest absolute Gasteiger partial charge is 0.150 e. The Bertz CT molecular complexity index is 334. The number of hydrogen-bond acceptors (Lipinski definition) is 4. The van der Waals surface area contributed by atoms with Crippen molar-refractivity contribution in [2.75, 3.05) is 24.6 Å². The molecule has 0 atom stereocenters. The Labute approximate surface area is 97.7 Å². The molecule has 1 fully saturated rings. The maximum atomic E-state index is 12.0. The molecule has 0 spiro atoms. The number of Topliss-reactive ketones (excluding diaryl/α,β-unsaturated/α-hetero) is 1. The molecular weight excluding hydrogens is 226 g/mol. The van der Waals surface area contributed by atoms with Gasteiger partial charge in [-0.05, 0) is 19.4 Å². The molecular formula is C11H21NO3S. The summed E-state index contributed by atoms with van der Waals surface area (Å²) in [5, 5.41) is 3.19. The molecule has 16 heavy (non-hydrogen) atoms. The molecule has 4 nitrogen and oxygen atoms in total. The van der Waals surface area contributed by atoms with Gasteiger partial charge in [0, 0.05) is 18.4 Å². The van der Waals surface area contributed by atoms with Crippen LogP contribution in [0.2, 0.25) is 0 Å². The average molecular weight is 247 g/mol. The lowest BCUT2D eigenvalue weighted by Gasteiger charge is -2.35. The predicted octanol–water partition coefficient (Wildman–Crippen LogP) is 0.770. The Morgan fingerprint density at radius 2 is 1.81 bits per heavy atom. The number of nitrogens with one attached hydrogen (secondary N) is 1. The fourth-order valence-electron chi connectivity index (χ4n) is 2.22. The molecule has 1 rings (SSSR count). The van der Waals surface area contributed by atoms with E-state index in [1.165, 1.54) is 0 Å². The summed E-state index contributed by atoms with van der Waals surface area (Å²) >= 11 is 0. The van der Waals surface area contributed by atoms with Crippen LogP contribution in [0, 0.1) is 5.41 Å². The first kappa shape index (κ1) is 13.6. The maximum absolute atomic E-state index is 12.0. The first-order valence-electron chi connectivity index (χ1n) is 5.90. The highest BCUT2D eigenvalue weighted by Crippen LogP contribution is 2.34. The van der Waals surface area contributed by atoms with Crippen LogP contribution < -0.4 is 5.32 Å². The molecule has 0 saturated carbocycles. The maximum Gasteiger partial charge on any atom is 0.150 e. The molecule has 0 aromatic rings. The number of ketones is 1. The monoisotopic (exact) mass is 247 g/mol. The fourth-order valence-corrected chi connectivity index (χ4v) is 3.83. The van der Waals surface area contributed by atoms with Gasteiger partial charge in [-0.25, -0.2) is 8.42 Å². The third kappa shape index (κ3) is 3.04. The van der Waals surface area contributed by atoms with Gasteiger partial charge in [0.25, 0.3) is 0 Å². The third-order valence-electron chi connectivity index (χ3n) is 3.41. The molecule has 0 aliphatic carbocycles. The molecule has 1 heterocycles. The Morgan fingerprint density at radius 1 is 1.25 bits per heavy atom. The molecule has 94 valence electrons. The minimum Gasteiger partial charge on any atom is -0.316 e. The molecule has 0 unspecified atom stereocenters. The van der Waals surface area contributed by atoms with Gasteiger partial charge in [-0.2, -0.15) is 0 Å². The second kappa shape index (κ2) is 5.27. The van der Waals surface area contributed by atoms with Crippen molar-refractivity contribution in [3.63, 3.8) is 0 Å².